The molecule has 3 aromatic rings. The molecule has 0 aliphatic rings. The zero-order chi connectivity index (χ0) is 14.8. The summed E-state index contributed by atoms with van der Waals surface area (Å²) < 4.78 is 6.46. The summed E-state index contributed by atoms with van der Waals surface area (Å²) in [5, 5.41) is 0.593. The molecule has 0 fully saturated rings. The third-order valence-corrected chi connectivity index (χ3v) is 4.33. The first kappa shape index (κ1) is 14.0. The van der Waals surface area contributed by atoms with Crippen molar-refractivity contribution in [2.24, 2.45) is 0 Å². The number of esters is 1. The van der Waals surface area contributed by atoms with Gasteiger partial charge in [-0.1, -0.05) is 29.8 Å². The van der Waals surface area contributed by atoms with Crippen LogP contribution in [0.2, 0.25) is 5.02 Å². The minimum absolute atomic E-state index is 0.363. The van der Waals surface area contributed by atoms with E-state index in [2.05, 4.69) is 4.98 Å². The van der Waals surface area contributed by atoms with Gasteiger partial charge in [0.25, 0.3) is 0 Å². The quantitative estimate of drug-likeness (QED) is 0.647. The molecule has 3 nitrogen and oxygen atoms in total. The number of thiazole rings is 1. The van der Waals surface area contributed by atoms with Crippen LogP contribution in [0.3, 0.4) is 0 Å². The van der Waals surface area contributed by atoms with Crippen LogP contribution in [0.15, 0.2) is 48.0 Å². The Labute approximate surface area is 131 Å². The topological polar surface area (TPSA) is 39.2 Å². The lowest BCUT2D eigenvalue weighted by Crippen LogP contribution is -2.09. The molecule has 0 aliphatic heterocycles. The molecule has 0 saturated heterocycles. The number of hydrogen-bond donors (Lipinski definition) is 0. The Morgan fingerprint density at radius 1 is 1.29 bits per heavy atom. The molecule has 5 heteroatoms. The SMILES string of the molecule is CC(OC(=O)c1ccc2ncsc2c1)c1ccccc1Cl. The lowest BCUT2D eigenvalue weighted by atomic mass is 10.1. The van der Waals surface area contributed by atoms with Crippen LogP contribution in [0.5, 0.6) is 0 Å². The standard InChI is InChI=1S/C16H12ClNO2S/c1-10(12-4-2-3-5-13(12)17)20-16(19)11-6-7-14-15(8-11)21-9-18-14/h2-10H,1H3. The first-order valence-electron chi connectivity index (χ1n) is 6.44. The number of benzene rings is 2. The largest absolute Gasteiger partial charge is 0.454 e. The third-order valence-electron chi connectivity index (χ3n) is 3.19. The van der Waals surface area contributed by atoms with E-state index in [-0.39, 0.29) is 5.97 Å². The second-order valence-electron chi connectivity index (χ2n) is 4.60. The van der Waals surface area contributed by atoms with E-state index in [1.807, 2.05) is 31.2 Å². The number of hydrogen-bond acceptors (Lipinski definition) is 4. The number of rotatable bonds is 3. The fourth-order valence-electron chi connectivity index (χ4n) is 2.08. The lowest BCUT2D eigenvalue weighted by Gasteiger charge is -2.14. The van der Waals surface area contributed by atoms with Crippen molar-refractivity contribution >= 4 is 39.1 Å². The Hall–Kier alpha value is -1.91. The predicted octanol–water partition coefficient (Wildman–Crippen LogP) is 4.87. The number of aromatic nitrogens is 1. The molecule has 2 aromatic carbocycles. The summed E-state index contributed by atoms with van der Waals surface area (Å²) in [6, 6.07) is 12.7. The second-order valence-corrected chi connectivity index (χ2v) is 5.90. The van der Waals surface area contributed by atoms with Gasteiger partial charge in [-0.3, -0.25) is 0 Å². The summed E-state index contributed by atoms with van der Waals surface area (Å²) in [6.45, 7) is 1.81. The van der Waals surface area contributed by atoms with E-state index >= 15 is 0 Å². The molecular weight excluding hydrogens is 306 g/mol. The van der Waals surface area contributed by atoms with E-state index < -0.39 is 6.10 Å². The molecule has 1 atom stereocenters. The van der Waals surface area contributed by atoms with Crippen molar-refractivity contribution in [3.63, 3.8) is 0 Å². The minimum Gasteiger partial charge on any atom is -0.454 e. The normalized spacial score (nSPS) is 12.3. The smallest absolute Gasteiger partial charge is 0.338 e. The van der Waals surface area contributed by atoms with Gasteiger partial charge in [0.1, 0.15) is 6.10 Å². The Morgan fingerprint density at radius 2 is 2.10 bits per heavy atom. The van der Waals surface area contributed by atoms with Gasteiger partial charge in [-0.25, -0.2) is 9.78 Å². The number of ether oxygens (including phenoxy) is 1. The average Bonchev–Trinajstić information content (AvgIpc) is 2.94. The van der Waals surface area contributed by atoms with Crippen LogP contribution in [0.4, 0.5) is 0 Å². The highest BCUT2D eigenvalue weighted by molar-refractivity contribution is 7.16. The Balaban J connectivity index is 1.81. The molecule has 1 aromatic heterocycles. The van der Waals surface area contributed by atoms with Crippen LogP contribution >= 0.6 is 22.9 Å². The molecule has 0 radical (unpaired) electrons. The fraction of sp³-hybridized carbons (Fsp3) is 0.125. The van der Waals surface area contributed by atoms with Gasteiger partial charge in [-0.05, 0) is 31.2 Å². The van der Waals surface area contributed by atoms with Gasteiger partial charge in [0.05, 0.1) is 21.3 Å². The van der Waals surface area contributed by atoms with Crippen molar-refractivity contribution in [2.45, 2.75) is 13.0 Å². The first-order valence-corrected chi connectivity index (χ1v) is 7.69. The number of fused-ring (bicyclic) bond motifs is 1. The molecule has 0 saturated carbocycles. The molecule has 106 valence electrons. The molecule has 1 heterocycles. The number of carbonyl (C=O) groups excluding carboxylic acids is 1. The van der Waals surface area contributed by atoms with Gasteiger partial charge in [0.15, 0.2) is 0 Å². The molecule has 0 spiro atoms. The van der Waals surface area contributed by atoms with Crippen molar-refractivity contribution in [3.8, 4) is 0 Å². The van der Waals surface area contributed by atoms with Crippen molar-refractivity contribution in [1.82, 2.24) is 4.98 Å². The van der Waals surface area contributed by atoms with E-state index in [4.69, 9.17) is 16.3 Å². The van der Waals surface area contributed by atoms with E-state index in [0.29, 0.717) is 10.6 Å². The predicted molar refractivity (Wildman–Crippen MR) is 84.9 cm³/mol. The summed E-state index contributed by atoms with van der Waals surface area (Å²) in [5.41, 5.74) is 3.96. The zero-order valence-electron chi connectivity index (χ0n) is 11.2. The second kappa shape index (κ2) is 5.84. The molecule has 21 heavy (non-hydrogen) atoms. The van der Waals surface area contributed by atoms with Crippen molar-refractivity contribution in [1.29, 1.82) is 0 Å². The van der Waals surface area contributed by atoms with Crippen LogP contribution in [0, 0.1) is 0 Å². The molecule has 0 amide bonds. The number of carbonyl (C=O) groups is 1. The Kier molecular flexibility index (Phi) is 3.90. The van der Waals surface area contributed by atoms with Gasteiger partial charge in [-0.15, -0.1) is 11.3 Å². The van der Waals surface area contributed by atoms with E-state index in [9.17, 15) is 4.79 Å². The van der Waals surface area contributed by atoms with Crippen LogP contribution in [-0.2, 0) is 4.74 Å². The highest BCUT2D eigenvalue weighted by atomic mass is 35.5. The van der Waals surface area contributed by atoms with Crippen LogP contribution in [0.1, 0.15) is 28.9 Å². The average molecular weight is 318 g/mol. The van der Waals surface area contributed by atoms with Crippen molar-refractivity contribution in [3.05, 3.63) is 64.1 Å². The van der Waals surface area contributed by atoms with Crippen LogP contribution < -0.4 is 0 Å². The highest BCUT2D eigenvalue weighted by Crippen LogP contribution is 2.26. The molecule has 0 N–H and O–H groups in total. The van der Waals surface area contributed by atoms with Crippen molar-refractivity contribution < 1.29 is 9.53 Å². The van der Waals surface area contributed by atoms with E-state index in [1.54, 1.807) is 23.7 Å². The lowest BCUT2D eigenvalue weighted by molar-refractivity contribution is 0.0338. The van der Waals surface area contributed by atoms with E-state index in [1.165, 1.54) is 11.3 Å². The van der Waals surface area contributed by atoms with Gasteiger partial charge >= 0.3 is 5.97 Å². The summed E-state index contributed by atoms with van der Waals surface area (Å²) in [5.74, 6) is -0.363. The zero-order valence-corrected chi connectivity index (χ0v) is 12.8. The molecule has 3 rings (SSSR count). The van der Waals surface area contributed by atoms with Crippen LogP contribution in [-0.4, -0.2) is 11.0 Å². The minimum atomic E-state index is -0.400. The van der Waals surface area contributed by atoms with E-state index in [0.717, 1.165) is 15.8 Å². The van der Waals surface area contributed by atoms with Gasteiger partial charge < -0.3 is 4.74 Å². The highest BCUT2D eigenvalue weighted by Gasteiger charge is 2.16. The fourth-order valence-corrected chi connectivity index (χ4v) is 3.08. The Bertz CT molecular complexity index is 800. The van der Waals surface area contributed by atoms with Gasteiger partial charge in [0.2, 0.25) is 0 Å². The maximum absolute atomic E-state index is 12.2. The monoisotopic (exact) mass is 317 g/mol. The molecular formula is C16H12ClNO2S. The Morgan fingerprint density at radius 3 is 2.90 bits per heavy atom. The molecule has 1 unspecified atom stereocenters. The number of halogens is 1. The van der Waals surface area contributed by atoms with Gasteiger partial charge in [0, 0.05) is 10.6 Å². The van der Waals surface area contributed by atoms with Gasteiger partial charge in [-0.2, -0.15) is 0 Å². The summed E-state index contributed by atoms with van der Waals surface area (Å²) in [7, 11) is 0. The summed E-state index contributed by atoms with van der Waals surface area (Å²) >= 11 is 7.61. The summed E-state index contributed by atoms with van der Waals surface area (Å²) in [4.78, 5) is 16.4. The summed E-state index contributed by atoms with van der Waals surface area (Å²) in [6.07, 6.45) is -0.400. The van der Waals surface area contributed by atoms with Crippen molar-refractivity contribution in [2.75, 3.05) is 0 Å². The maximum atomic E-state index is 12.2. The first-order chi connectivity index (χ1) is 10.1. The maximum Gasteiger partial charge on any atom is 0.338 e. The molecule has 0 aliphatic carbocycles. The molecule has 0 bridgehead atoms. The number of nitrogens with zero attached hydrogens (tertiary/aromatic N) is 1. The van der Waals surface area contributed by atoms with Crippen LogP contribution in [0.25, 0.3) is 10.2 Å². The third kappa shape index (κ3) is 2.91.